The highest BCUT2D eigenvalue weighted by atomic mass is 16.7. The number of aliphatic imine (C=N–C) groups is 1. The fraction of sp³-hybridized carbons (Fsp3) is 0.522. The largest absolute Gasteiger partial charge is 0.462 e. The van der Waals surface area contributed by atoms with Crippen LogP contribution in [0.5, 0.6) is 11.5 Å². The van der Waals surface area contributed by atoms with E-state index in [1.165, 1.54) is 12.1 Å². The standard InChI is InChI=1S/C23H24N2O8/c1-12-20(23(27)31-10-13-4-3-7-30-13)21(22-15(24-12)5-2-6-17(22)26)14-8-18-19(33-11-32-18)9-16(14)25(28)29/h8-9,13,20-21H,2-7,10-11H2,1H3/t13-,20?,21-/m0/s1. The van der Waals surface area contributed by atoms with Gasteiger partial charge in [0.25, 0.3) is 5.69 Å². The summed E-state index contributed by atoms with van der Waals surface area (Å²) in [6.07, 6.45) is 3.07. The van der Waals surface area contributed by atoms with E-state index < -0.39 is 22.7 Å². The average molecular weight is 456 g/mol. The molecule has 0 N–H and O–H groups in total. The highest BCUT2D eigenvalue weighted by Gasteiger charge is 2.46. The summed E-state index contributed by atoms with van der Waals surface area (Å²) in [7, 11) is 0. The molecule has 1 aromatic rings. The van der Waals surface area contributed by atoms with Crippen LogP contribution in [0.2, 0.25) is 0 Å². The zero-order valence-electron chi connectivity index (χ0n) is 18.2. The van der Waals surface area contributed by atoms with Gasteiger partial charge in [0.1, 0.15) is 12.5 Å². The maximum Gasteiger partial charge on any atom is 0.315 e. The highest BCUT2D eigenvalue weighted by molar-refractivity contribution is 6.09. The number of esters is 1. The molecule has 0 spiro atoms. The molecular formula is C23H24N2O8. The van der Waals surface area contributed by atoms with Crippen LogP contribution in [0.1, 0.15) is 50.5 Å². The Bertz CT molecular complexity index is 1090. The number of allylic oxidation sites excluding steroid dienone is 2. The fourth-order valence-corrected chi connectivity index (χ4v) is 5.04. The Kier molecular flexibility index (Phi) is 5.61. The predicted octanol–water partition coefficient (Wildman–Crippen LogP) is 3.23. The molecule has 4 aliphatic rings. The summed E-state index contributed by atoms with van der Waals surface area (Å²) >= 11 is 0. The first-order valence-corrected chi connectivity index (χ1v) is 11.1. The highest BCUT2D eigenvalue weighted by Crippen LogP contribution is 2.49. The van der Waals surface area contributed by atoms with E-state index in [0.29, 0.717) is 48.6 Å². The van der Waals surface area contributed by atoms with Gasteiger partial charge in [-0.05, 0) is 38.7 Å². The lowest BCUT2D eigenvalue weighted by atomic mass is 9.71. The maximum absolute atomic E-state index is 13.3. The molecule has 0 amide bonds. The van der Waals surface area contributed by atoms with E-state index in [2.05, 4.69) is 4.99 Å². The van der Waals surface area contributed by atoms with Crippen molar-refractivity contribution in [3.8, 4) is 11.5 Å². The number of ether oxygens (including phenoxy) is 4. The van der Waals surface area contributed by atoms with Gasteiger partial charge in [-0.2, -0.15) is 0 Å². The summed E-state index contributed by atoms with van der Waals surface area (Å²) in [6.45, 7) is 2.37. The third kappa shape index (κ3) is 3.88. The van der Waals surface area contributed by atoms with Crippen LogP contribution in [0.25, 0.3) is 0 Å². The number of fused-ring (bicyclic) bond motifs is 1. The van der Waals surface area contributed by atoms with Crippen molar-refractivity contribution in [1.29, 1.82) is 0 Å². The Morgan fingerprint density at radius 1 is 1.24 bits per heavy atom. The molecule has 1 saturated heterocycles. The quantitative estimate of drug-likeness (QED) is 0.375. The van der Waals surface area contributed by atoms with Gasteiger partial charge in [0, 0.05) is 41.5 Å². The Balaban J connectivity index is 1.59. The van der Waals surface area contributed by atoms with E-state index in [0.717, 1.165) is 12.8 Å². The van der Waals surface area contributed by atoms with Crippen LogP contribution in [0.15, 0.2) is 28.4 Å². The first-order valence-electron chi connectivity index (χ1n) is 11.1. The molecule has 0 saturated carbocycles. The van der Waals surface area contributed by atoms with Crippen LogP contribution in [-0.2, 0) is 19.1 Å². The van der Waals surface area contributed by atoms with Gasteiger partial charge < -0.3 is 18.9 Å². The molecule has 1 fully saturated rings. The summed E-state index contributed by atoms with van der Waals surface area (Å²) in [5.41, 5.74) is 1.40. The van der Waals surface area contributed by atoms with Gasteiger partial charge in [0.05, 0.1) is 17.1 Å². The van der Waals surface area contributed by atoms with Gasteiger partial charge in [-0.3, -0.25) is 24.7 Å². The number of benzene rings is 1. The van der Waals surface area contributed by atoms with E-state index in [4.69, 9.17) is 18.9 Å². The second kappa shape index (κ2) is 8.58. The molecule has 0 bridgehead atoms. The molecule has 5 rings (SSSR count). The lowest BCUT2D eigenvalue weighted by Crippen LogP contribution is -2.38. The summed E-state index contributed by atoms with van der Waals surface area (Å²) in [5.74, 6) is -1.99. The zero-order valence-corrected chi connectivity index (χ0v) is 18.2. The lowest BCUT2D eigenvalue weighted by molar-refractivity contribution is -0.385. The second-order valence-corrected chi connectivity index (χ2v) is 8.63. The van der Waals surface area contributed by atoms with Gasteiger partial charge in [0.2, 0.25) is 6.79 Å². The molecule has 0 radical (unpaired) electrons. The third-order valence-corrected chi connectivity index (χ3v) is 6.58. The van der Waals surface area contributed by atoms with Crippen LogP contribution in [-0.4, -0.2) is 48.5 Å². The summed E-state index contributed by atoms with van der Waals surface area (Å²) in [5, 5.41) is 12.0. The zero-order chi connectivity index (χ0) is 23.1. The summed E-state index contributed by atoms with van der Waals surface area (Å²) in [4.78, 5) is 42.4. The Morgan fingerprint density at radius 2 is 2.03 bits per heavy atom. The molecule has 0 aromatic heterocycles. The molecule has 10 heteroatoms. The van der Waals surface area contributed by atoms with Crippen molar-refractivity contribution in [3.63, 3.8) is 0 Å². The second-order valence-electron chi connectivity index (χ2n) is 8.63. The van der Waals surface area contributed by atoms with Gasteiger partial charge >= 0.3 is 5.97 Å². The lowest BCUT2D eigenvalue weighted by Gasteiger charge is -2.34. The molecule has 1 aromatic carbocycles. The molecule has 3 aliphatic heterocycles. The number of nitro groups is 1. The minimum absolute atomic E-state index is 0.0547. The topological polar surface area (TPSA) is 127 Å². The monoisotopic (exact) mass is 456 g/mol. The van der Waals surface area contributed by atoms with Crippen molar-refractivity contribution in [3.05, 3.63) is 39.1 Å². The van der Waals surface area contributed by atoms with Crippen molar-refractivity contribution >= 4 is 23.2 Å². The minimum Gasteiger partial charge on any atom is -0.462 e. The molecule has 33 heavy (non-hydrogen) atoms. The number of hydrogen-bond donors (Lipinski definition) is 0. The summed E-state index contributed by atoms with van der Waals surface area (Å²) < 4.78 is 21.9. The number of hydrogen-bond acceptors (Lipinski definition) is 9. The number of Topliss-reactive ketones (excluding diaryl/α,β-unsaturated/α-hetero) is 1. The maximum atomic E-state index is 13.3. The molecule has 1 aliphatic carbocycles. The number of carbonyl (C=O) groups excluding carboxylic acids is 2. The molecule has 3 atom stereocenters. The van der Waals surface area contributed by atoms with E-state index in [1.54, 1.807) is 6.92 Å². The fourth-order valence-electron chi connectivity index (χ4n) is 5.04. The number of nitrogens with zero attached hydrogens (tertiary/aromatic N) is 2. The molecule has 174 valence electrons. The van der Waals surface area contributed by atoms with E-state index >= 15 is 0 Å². The van der Waals surface area contributed by atoms with Crippen molar-refractivity contribution in [1.82, 2.24) is 0 Å². The minimum atomic E-state index is -0.966. The Morgan fingerprint density at radius 3 is 2.76 bits per heavy atom. The van der Waals surface area contributed by atoms with Gasteiger partial charge in [-0.25, -0.2) is 0 Å². The van der Waals surface area contributed by atoms with Gasteiger partial charge in [-0.15, -0.1) is 0 Å². The number of nitro benzene ring substituents is 1. The first kappa shape index (κ1) is 21.6. The number of carbonyl (C=O) groups is 2. The van der Waals surface area contributed by atoms with E-state index in [9.17, 15) is 19.7 Å². The Labute approximate surface area is 189 Å². The molecule has 1 unspecified atom stereocenters. The van der Waals surface area contributed by atoms with E-state index in [-0.39, 0.29) is 42.3 Å². The van der Waals surface area contributed by atoms with Crippen LogP contribution >= 0.6 is 0 Å². The summed E-state index contributed by atoms with van der Waals surface area (Å²) in [6, 6.07) is 2.80. The van der Waals surface area contributed by atoms with Crippen molar-refractivity contribution in [2.75, 3.05) is 20.0 Å². The van der Waals surface area contributed by atoms with Crippen LogP contribution in [0.4, 0.5) is 5.69 Å². The molecule has 10 nitrogen and oxygen atoms in total. The first-order chi connectivity index (χ1) is 15.9. The van der Waals surface area contributed by atoms with Gasteiger partial charge in [0.15, 0.2) is 17.3 Å². The molecular weight excluding hydrogens is 432 g/mol. The Hall–Kier alpha value is -3.27. The normalized spacial score (nSPS) is 26.2. The van der Waals surface area contributed by atoms with Crippen LogP contribution < -0.4 is 9.47 Å². The van der Waals surface area contributed by atoms with E-state index in [1.807, 2.05) is 0 Å². The van der Waals surface area contributed by atoms with Crippen LogP contribution in [0, 0.1) is 16.0 Å². The number of rotatable bonds is 5. The smallest absolute Gasteiger partial charge is 0.315 e. The SMILES string of the molecule is CC1=NC2=C(C(=O)CCC2)[C@@H](c2cc3c(cc2[N+](=O)[O-])OCO3)C1C(=O)OC[C@@H]1CCCO1. The predicted molar refractivity (Wildman–Crippen MR) is 114 cm³/mol. The van der Waals surface area contributed by atoms with Gasteiger partial charge in [-0.1, -0.05) is 0 Å². The van der Waals surface area contributed by atoms with Crippen molar-refractivity contribution in [2.45, 2.75) is 51.0 Å². The van der Waals surface area contributed by atoms with Crippen molar-refractivity contribution in [2.24, 2.45) is 10.9 Å². The number of ketones is 1. The van der Waals surface area contributed by atoms with Crippen molar-refractivity contribution < 1.29 is 33.5 Å². The molecule has 3 heterocycles. The third-order valence-electron chi connectivity index (χ3n) is 6.58. The average Bonchev–Trinajstić information content (AvgIpc) is 3.47. The van der Waals surface area contributed by atoms with Crippen LogP contribution in [0.3, 0.4) is 0 Å².